The third-order valence-electron chi connectivity index (χ3n) is 1.88. The highest BCUT2D eigenvalue weighted by molar-refractivity contribution is 5.80. The molecule has 4 nitrogen and oxygen atoms in total. The summed E-state index contributed by atoms with van der Waals surface area (Å²) >= 11 is 0. The van der Waals surface area contributed by atoms with Crippen molar-refractivity contribution in [1.29, 1.82) is 0 Å². The highest BCUT2D eigenvalue weighted by Gasteiger charge is 2.06. The van der Waals surface area contributed by atoms with Crippen molar-refractivity contribution in [2.24, 2.45) is 0 Å². The quantitative estimate of drug-likeness (QED) is 0.615. The van der Waals surface area contributed by atoms with Crippen molar-refractivity contribution in [2.75, 3.05) is 0 Å². The molecule has 2 rings (SSSR count). The first-order valence-electron chi connectivity index (χ1n) is 3.70. The summed E-state index contributed by atoms with van der Waals surface area (Å²) in [5.74, 6) is 0. The molecule has 0 unspecified atom stereocenters. The number of fused-ring (bicyclic) bond motifs is 1. The van der Waals surface area contributed by atoms with E-state index >= 15 is 0 Å². The van der Waals surface area contributed by atoms with Gasteiger partial charge in [-0.1, -0.05) is 0 Å². The summed E-state index contributed by atoms with van der Waals surface area (Å²) in [5, 5.41) is 9.12. The molecular formula is C8H9N3O. The predicted octanol–water partition coefficient (Wildman–Crippen LogP) is 1.28. The van der Waals surface area contributed by atoms with Crippen LogP contribution in [0.25, 0.3) is 11.0 Å². The van der Waals surface area contributed by atoms with Gasteiger partial charge in [-0.2, -0.15) is 9.97 Å². The number of aromatic nitrogens is 3. The Morgan fingerprint density at radius 2 is 2.08 bits per heavy atom. The molecule has 12 heavy (non-hydrogen) atoms. The van der Waals surface area contributed by atoms with E-state index < -0.39 is 0 Å². The molecule has 0 aliphatic carbocycles. The Morgan fingerprint density at radius 1 is 1.33 bits per heavy atom. The van der Waals surface area contributed by atoms with Crippen LogP contribution in [0.5, 0.6) is 6.01 Å². The van der Waals surface area contributed by atoms with Gasteiger partial charge >= 0.3 is 6.01 Å². The Morgan fingerprint density at radius 3 is 2.83 bits per heavy atom. The number of hydrogen-bond acceptors (Lipinski definition) is 3. The van der Waals surface area contributed by atoms with E-state index in [-0.39, 0.29) is 6.01 Å². The van der Waals surface area contributed by atoms with E-state index in [0.29, 0.717) is 0 Å². The van der Waals surface area contributed by atoms with Crippen molar-refractivity contribution < 1.29 is 5.11 Å². The van der Waals surface area contributed by atoms with Gasteiger partial charge in [0.2, 0.25) is 0 Å². The second kappa shape index (κ2) is 2.20. The number of hydrogen-bond donors (Lipinski definition) is 2. The smallest absolute Gasteiger partial charge is 0.314 e. The highest BCUT2D eigenvalue weighted by Crippen LogP contribution is 2.18. The van der Waals surface area contributed by atoms with Crippen LogP contribution in [0, 0.1) is 13.8 Å². The van der Waals surface area contributed by atoms with Crippen LogP contribution in [0.2, 0.25) is 0 Å². The Balaban J connectivity index is 2.92. The summed E-state index contributed by atoms with van der Waals surface area (Å²) in [5.41, 5.74) is 3.47. The fraction of sp³-hybridized carbons (Fsp3) is 0.250. The average Bonchev–Trinajstić information content (AvgIpc) is 2.33. The number of rotatable bonds is 0. The molecule has 4 heteroatoms. The molecule has 0 atom stereocenters. The van der Waals surface area contributed by atoms with E-state index in [1.807, 2.05) is 20.0 Å². The number of aromatic hydroxyl groups is 1. The van der Waals surface area contributed by atoms with Crippen molar-refractivity contribution in [3.63, 3.8) is 0 Å². The van der Waals surface area contributed by atoms with Gasteiger partial charge in [0.25, 0.3) is 0 Å². The monoisotopic (exact) mass is 163 g/mol. The minimum absolute atomic E-state index is 0.164. The molecule has 2 aromatic rings. The number of aromatic amines is 1. The minimum atomic E-state index is -0.164. The molecule has 0 saturated heterocycles. The van der Waals surface area contributed by atoms with Crippen LogP contribution < -0.4 is 0 Å². The molecule has 0 aliphatic heterocycles. The third kappa shape index (κ3) is 0.845. The summed E-state index contributed by atoms with van der Waals surface area (Å²) < 4.78 is 0. The molecule has 2 N–H and O–H groups in total. The van der Waals surface area contributed by atoms with Crippen LogP contribution in [0.3, 0.4) is 0 Å². The van der Waals surface area contributed by atoms with Gasteiger partial charge in [0.1, 0.15) is 0 Å². The molecular weight excluding hydrogens is 154 g/mol. The molecule has 62 valence electrons. The zero-order valence-electron chi connectivity index (χ0n) is 6.92. The first-order valence-corrected chi connectivity index (χ1v) is 3.70. The fourth-order valence-corrected chi connectivity index (χ4v) is 1.27. The lowest BCUT2D eigenvalue weighted by molar-refractivity contribution is 0.431. The van der Waals surface area contributed by atoms with Gasteiger partial charge in [-0.25, -0.2) is 0 Å². The molecule has 0 aliphatic rings. The van der Waals surface area contributed by atoms with Crippen LogP contribution in [0.15, 0.2) is 6.20 Å². The number of nitrogens with one attached hydrogen (secondary N) is 1. The van der Waals surface area contributed by atoms with Gasteiger partial charge in [-0.15, -0.1) is 0 Å². The topological polar surface area (TPSA) is 61.8 Å². The lowest BCUT2D eigenvalue weighted by atomic mass is 10.3. The van der Waals surface area contributed by atoms with E-state index in [2.05, 4.69) is 15.0 Å². The first-order chi connectivity index (χ1) is 5.68. The number of nitrogens with zero attached hydrogens (tertiary/aromatic N) is 2. The van der Waals surface area contributed by atoms with Crippen LogP contribution in [-0.2, 0) is 0 Å². The molecule has 0 aromatic carbocycles. The van der Waals surface area contributed by atoms with Gasteiger partial charge in [0.05, 0.1) is 16.7 Å². The van der Waals surface area contributed by atoms with Crippen LogP contribution in [0.4, 0.5) is 0 Å². The maximum Gasteiger partial charge on any atom is 0.314 e. The summed E-state index contributed by atoms with van der Waals surface area (Å²) in [4.78, 5) is 10.8. The van der Waals surface area contributed by atoms with Crippen molar-refractivity contribution in [2.45, 2.75) is 13.8 Å². The van der Waals surface area contributed by atoms with Gasteiger partial charge in [0, 0.05) is 6.20 Å². The van der Waals surface area contributed by atoms with Crippen molar-refractivity contribution in [1.82, 2.24) is 15.0 Å². The molecule has 2 aromatic heterocycles. The lowest BCUT2D eigenvalue weighted by Crippen LogP contribution is -1.87. The zero-order valence-corrected chi connectivity index (χ0v) is 6.92. The predicted molar refractivity (Wildman–Crippen MR) is 45.0 cm³/mol. The van der Waals surface area contributed by atoms with E-state index in [1.165, 1.54) is 0 Å². The number of H-pyrrole nitrogens is 1. The van der Waals surface area contributed by atoms with E-state index in [1.54, 1.807) is 0 Å². The third-order valence-corrected chi connectivity index (χ3v) is 1.88. The Bertz CT molecular complexity index is 433. The second-order valence-electron chi connectivity index (χ2n) is 2.80. The summed E-state index contributed by atoms with van der Waals surface area (Å²) in [6, 6.07) is -0.164. The molecule has 0 spiro atoms. The van der Waals surface area contributed by atoms with Crippen molar-refractivity contribution >= 4 is 11.0 Å². The summed E-state index contributed by atoms with van der Waals surface area (Å²) in [6.07, 6.45) is 1.85. The van der Waals surface area contributed by atoms with Crippen LogP contribution in [-0.4, -0.2) is 20.1 Å². The minimum Gasteiger partial charge on any atom is -0.479 e. The summed E-state index contributed by atoms with van der Waals surface area (Å²) in [7, 11) is 0. The van der Waals surface area contributed by atoms with Crippen molar-refractivity contribution in [3.05, 3.63) is 17.5 Å². The second-order valence-corrected chi connectivity index (χ2v) is 2.80. The molecule has 0 bridgehead atoms. The first kappa shape index (κ1) is 7.09. The van der Waals surface area contributed by atoms with Gasteiger partial charge < -0.3 is 10.1 Å². The molecule has 0 amide bonds. The van der Waals surface area contributed by atoms with E-state index in [0.717, 1.165) is 22.3 Å². The Kier molecular flexibility index (Phi) is 1.30. The van der Waals surface area contributed by atoms with Crippen LogP contribution in [0.1, 0.15) is 11.3 Å². The standard InChI is InChI=1S/C8H9N3O/c1-4-3-9-7-5(2)10-8(12)11-6(4)7/h3,9H,1-2H3,(H,10,11,12). The van der Waals surface area contributed by atoms with Gasteiger partial charge in [0.15, 0.2) is 0 Å². The molecule has 0 radical (unpaired) electrons. The Labute approximate surface area is 69.3 Å². The van der Waals surface area contributed by atoms with Crippen LogP contribution >= 0.6 is 0 Å². The molecule has 2 heterocycles. The average molecular weight is 163 g/mol. The van der Waals surface area contributed by atoms with Gasteiger partial charge in [-0.3, -0.25) is 0 Å². The van der Waals surface area contributed by atoms with E-state index in [4.69, 9.17) is 5.11 Å². The maximum atomic E-state index is 9.12. The van der Waals surface area contributed by atoms with Gasteiger partial charge in [-0.05, 0) is 19.4 Å². The number of aryl methyl sites for hydroxylation is 2. The SMILES string of the molecule is Cc1c[nH]c2c(C)nc(O)nc12. The normalized spacial score (nSPS) is 10.8. The molecule has 0 fully saturated rings. The molecule has 0 saturated carbocycles. The Hall–Kier alpha value is -1.58. The maximum absolute atomic E-state index is 9.12. The highest BCUT2D eigenvalue weighted by atomic mass is 16.3. The zero-order chi connectivity index (χ0) is 8.72. The fourth-order valence-electron chi connectivity index (χ4n) is 1.27. The summed E-state index contributed by atoms with van der Waals surface area (Å²) in [6.45, 7) is 3.77. The van der Waals surface area contributed by atoms with E-state index in [9.17, 15) is 0 Å². The lowest BCUT2D eigenvalue weighted by Gasteiger charge is -1.95. The largest absolute Gasteiger partial charge is 0.479 e. The van der Waals surface area contributed by atoms with Crippen molar-refractivity contribution in [3.8, 4) is 6.01 Å².